The molecule has 222 valence electrons. The fraction of sp³-hybridized carbons (Fsp3) is 0.400. The first kappa shape index (κ1) is 31.8. The smallest absolute Gasteiger partial charge is 0.224 e. The van der Waals surface area contributed by atoms with E-state index >= 15 is 0 Å². The lowest BCUT2D eigenvalue weighted by molar-refractivity contribution is -0.119. The van der Waals surface area contributed by atoms with Crippen LogP contribution in [0, 0.1) is 0 Å². The molecule has 1 unspecified atom stereocenters. The van der Waals surface area contributed by atoms with Crippen LogP contribution in [0.5, 0.6) is 17.2 Å². The molecule has 41 heavy (non-hydrogen) atoms. The SMILES string of the molecule is COC1=CC(OC)=C(P(CC(=O)NCCCC(=O)Nc2ccccc2)c2c(OC)cc(OC)cc2OC)[C@@H](OC)C1. The van der Waals surface area contributed by atoms with Crippen LogP contribution in [0.3, 0.4) is 0 Å². The fourth-order valence-corrected chi connectivity index (χ4v) is 7.26. The molecule has 1 aliphatic carbocycles. The minimum atomic E-state index is -1.43. The van der Waals surface area contributed by atoms with Crippen LogP contribution in [-0.2, 0) is 23.8 Å². The van der Waals surface area contributed by atoms with Crippen LogP contribution in [0.25, 0.3) is 0 Å². The maximum absolute atomic E-state index is 13.4. The van der Waals surface area contributed by atoms with Crippen LogP contribution in [-0.4, -0.2) is 73.3 Å². The summed E-state index contributed by atoms with van der Waals surface area (Å²) in [5.74, 6) is 2.59. The van der Waals surface area contributed by atoms with Gasteiger partial charge in [-0.1, -0.05) is 18.2 Å². The predicted octanol–water partition coefficient (Wildman–Crippen LogP) is 4.16. The van der Waals surface area contributed by atoms with E-state index in [1.165, 1.54) is 0 Å². The number of para-hydroxylation sites is 1. The number of rotatable bonds is 15. The van der Waals surface area contributed by atoms with Gasteiger partial charge in [0.1, 0.15) is 28.8 Å². The van der Waals surface area contributed by atoms with E-state index in [-0.39, 0.29) is 24.4 Å². The highest BCUT2D eigenvalue weighted by atomic mass is 31.1. The van der Waals surface area contributed by atoms with Gasteiger partial charge in [-0.25, -0.2) is 0 Å². The van der Waals surface area contributed by atoms with Crippen molar-refractivity contribution in [3.05, 3.63) is 65.4 Å². The van der Waals surface area contributed by atoms with E-state index in [2.05, 4.69) is 10.6 Å². The van der Waals surface area contributed by atoms with Crippen LogP contribution in [0.4, 0.5) is 5.69 Å². The van der Waals surface area contributed by atoms with Gasteiger partial charge in [-0.05, 0) is 26.5 Å². The Labute approximate surface area is 242 Å². The first-order chi connectivity index (χ1) is 19.9. The number of anilines is 1. The Morgan fingerprint density at radius 2 is 1.56 bits per heavy atom. The third-order valence-electron chi connectivity index (χ3n) is 6.51. The van der Waals surface area contributed by atoms with Crippen molar-refractivity contribution < 1.29 is 38.0 Å². The van der Waals surface area contributed by atoms with Gasteiger partial charge in [-0.3, -0.25) is 9.59 Å². The van der Waals surface area contributed by atoms with Crippen LogP contribution in [0.1, 0.15) is 19.3 Å². The van der Waals surface area contributed by atoms with Gasteiger partial charge in [0.05, 0.1) is 53.1 Å². The Morgan fingerprint density at radius 1 is 0.878 bits per heavy atom. The number of carbonyl (C=O) groups excluding carboxylic acids is 2. The van der Waals surface area contributed by atoms with Gasteiger partial charge >= 0.3 is 0 Å². The van der Waals surface area contributed by atoms with Gasteiger partial charge in [0.25, 0.3) is 0 Å². The molecule has 0 radical (unpaired) electrons. The lowest BCUT2D eigenvalue weighted by Crippen LogP contribution is -2.31. The molecule has 0 saturated carbocycles. The van der Waals surface area contributed by atoms with Crippen LogP contribution in [0.2, 0.25) is 0 Å². The summed E-state index contributed by atoms with van der Waals surface area (Å²) in [6, 6.07) is 12.8. The monoisotopic (exact) mass is 586 g/mol. The summed E-state index contributed by atoms with van der Waals surface area (Å²) in [6.45, 7) is 0.346. The second-order valence-corrected chi connectivity index (χ2v) is 11.1. The molecule has 2 aromatic carbocycles. The van der Waals surface area contributed by atoms with Crippen LogP contribution < -0.4 is 30.1 Å². The van der Waals surface area contributed by atoms with Crippen molar-refractivity contribution >= 4 is 30.7 Å². The van der Waals surface area contributed by atoms with Crippen LogP contribution in [0.15, 0.2) is 65.4 Å². The fourth-order valence-electron chi connectivity index (χ4n) is 4.48. The molecule has 10 nitrogen and oxygen atoms in total. The molecule has 0 saturated heterocycles. The van der Waals surface area contributed by atoms with Crippen molar-refractivity contribution in [2.75, 3.05) is 60.7 Å². The molecule has 0 aliphatic heterocycles. The van der Waals surface area contributed by atoms with E-state index in [0.29, 0.717) is 48.2 Å². The first-order valence-corrected chi connectivity index (χ1v) is 14.7. The Hall–Kier alpha value is -3.75. The van der Waals surface area contributed by atoms with E-state index in [4.69, 9.17) is 28.4 Å². The zero-order valence-electron chi connectivity index (χ0n) is 24.4. The van der Waals surface area contributed by atoms with Gasteiger partial charge in [-0.15, -0.1) is 0 Å². The van der Waals surface area contributed by atoms with Crippen LogP contribution >= 0.6 is 7.92 Å². The van der Waals surface area contributed by atoms with Gasteiger partial charge in [0.2, 0.25) is 11.8 Å². The van der Waals surface area contributed by atoms with Crippen molar-refractivity contribution in [2.24, 2.45) is 0 Å². The molecule has 0 heterocycles. The first-order valence-electron chi connectivity index (χ1n) is 13.1. The quantitative estimate of drug-likeness (QED) is 0.236. The second kappa shape index (κ2) is 15.9. The zero-order valence-corrected chi connectivity index (χ0v) is 25.3. The highest BCUT2D eigenvalue weighted by molar-refractivity contribution is 7.71. The predicted molar refractivity (Wildman–Crippen MR) is 159 cm³/mol. The summed E-state index contributed by atoms with van der Waals surface area (Å²) in [5.41, 5.74) is 0.739. The van der Waals surface area contributed by atoms with Gasteiger partial charge in [0, 0.05) is 55.7 Å². The molecule has 0 spiro atoms. The van der Waals surface area contributed by atoms with E-state index in [0.717, 1.165) is 16.3 Å². The number of amides is 2. The third-order valence-corrected chi connectivity index (χ3v) is 9.19. The molecule has 0 bridgehead atoms. The maximum atomic E-state index is 13.4. The minimum Gasteiger partial charge on any atom is -0.501 e. The number of benzene rings is 2. The molecule has 0 aromatic heterocycles. The molecular weight excluding hydrogens is 547 g/mol. The number of carbonyl (C=O) groups is 2. The Bertz CT molecular complexity index is 1220. The van der Waals surface area contributed by atoms with Crippen molar-refractivity contribution in [2.45, 2.75) is 25.4 Å². The number of hydrogen-bond acceptors (Lipinski definition) is 8. The summed E-state index contributed by atoms with van der Waals surface area (Å²) in [5, 5.41) is 7.38. The number of nitrogens with one attached hydrogen (secondary N) is 2. The Morgan fingerprint density at radius 3 is 2.12 bits per heavy atom. The van der Waals surface area contributed by atoms with E-state index < -0.39 is 14.0 Å². The average molecular weight is 587 g/mol. The maximum Gasteiger partial charge on any atom is 0.224 e. The highest BCUT2D eigenvalue weighted by Crippen LogP contribution is 2.54. The average Bonchev–Trinajstić information content (AvgIpc) is 3.01. The van der Waals surface area contributed by atoms with E-state index in [9.17, 15) is 9.59 Å². The largest absolute Gasteiger partial charge is 0.501 e. The minimum absolute atomic E-state index is 0.110. The molecule has 2 amide bonds. The van der Waals surface area contributed by atoms with Gasteiger partial charge < -0.3 is 39.1 Å². The molecule has 3 rings (SSSR count). The molecule has 11 heteroatoms. The summed E-state index contributed by atoms with van der Waals surface area (Å²) < 4.78 is 34.2. The number of hydrogen-bond donors (Lipinski definition) is 2. The summed E-state index contributed by atoms with van der Waals surface area (Å²) in [7, 11) is 8.06. The molecule has 1 aliphatic rings. The number of methoxy groups -OCH3 is 6. The topological polar surface area (TPSA) is 114 Å². The lowest BCUT2D eigenvalue weighted by atomic mass is 10.1. The lowest BCUT2D eigenvalue weighted by Gasteiger charge is -2.33. The summed E-state index contributed by atoms with van der Waals surface area (Å²) in [4.78, 5) is 25.7. The molecule has 2 atom stereocenters. The molecule has 0 fully saturated rings. The van der Waals surface area contributed by atoms with Gasteiger partial charge in [-0.2, -0.15) is 0 Å². The molecular formula is C30H39N2O8P. The Kier molecular flexibility index (Phi) is 12.3. The standard InChI is InChI=1S/C30H39N2O8P/c1-35-21-15-23(37-3)29(24(16-21)38-4)41(30-25(39-5)17-22(36-2)18-26(30)40-6)19-28(34)31-14-10-13-27(33)32-20-11-8-7-9-12-20/h7-9,11-12,15-17,26H,10,13-14,18-19H2,1-6H3,(H,31,34)(H,32,33)/t26-,41?/m0/s1. The van der Waals surface area contributed by atoms with Gasteiger partial charge in [0.15, 0.2) is 0 Å². The normalized spacial score (nSPS) is 15.4. The van der Waals surface area contributed by atoms with Crippen molar-refractivity contribution in [3.63, 3.8) is 0 Å². The highest BCUT2D eigenvalue weighted by Gasteiger charge is 2.36. The van der Waals surface area contributed by atoms with Crippen molar-refractivity contribution in [3.8, 4) is 17.2 Å². The number of allylic oxidation sites excluding steroid dienone is 1. The molecule has 2 aromatic rings. The van der Waals surface area contributed by atoms with Crippen molar-refractivity contribution in [1.29, 1.82) is 0 Å². The Balaban J connectivity index is 1.87. The summed E-state index contributed by atoms with van der Waals surface area (Å²) in [6.07, 6.45) is 2.78. The summed E-state index contributed by atoms with van der Waals surface area (Å²) >= 11 is 0. The zero-order chi connectivity index (χ0) is 29.8. The number of ether oxygens (including phenoxy) is 6. The third kappa shape index (κ3) is 8.38. The second-order valence-electron chi connectivity index (χ2n) is 9.03. The van der Waals surface area contributed by atoms with E-state index in [1.807, 2.05) is 36.4 Å². The van der Waals surface area contributed by atoms with Crippen molar-refractivity contribution in [1.82, 2.24) is 5.32 Å². The van der Waals surface area contributed by atoms with E-state index in [1.54, 1.807) is 54.8 Å². The molecule has 2 N–H and O–H groups in total.